The predicted octanol–water partition coefficient (Wildman–Crippen LogP) is 1.05. The SMILES string of the molecule is CC1CNC(CN(C)C)CN(Cc2cccnc2)C1. The molecule has 1 aromatic heterocycles. The molecule has 4 heteroatoms. The van der Waals surface area contributed by atoms with E-state index in [9.17, 15) is 0 Å². The van der Waals surface area contributed by atoms with Gasteiger partial charge in [-0.25, -0.2) is 0 Å². The lowest BCUT2D eigenvalue weighted by molar-refractivity contribution is 0.224. The molecule has 0 saturated carbocycles. The van der Waals surface area contributed by atoms with Gasteiger partial charge in [0.25, 0.3) is 0 Å². The second-order valence-electron chi connectivity index (χ2n) is 6.03. The molecule has 4 nitrogen and oxygen atoms in total. The largest absolute Gasteiger partial charge is 0.311 e. The van der Waals surface area contributed by atoms with Crippen molar-refractivity contribution in [3.8, 4) is 0 Å². The lowest BCUT2D eigenvalue weighted by Gasteiger charge is -2.26. The maximum Gasteiger partial charge on any atom is 0.0322 e. The summed E-state index contributed by atoms with van der Waals surface area (Å²) in [7, 11) is 4.28. The van der Waals surface area contributed by atoms with Gasteiger partial charge in [-0.3, -0.25) is 9.88 Å². The lowest BCUT2D eigenvalue weighted by Crippen LogP contribution is -2.44. The van der Waals surface area contributed by atoms with Gasteiger partial charge >= 0.3 is 0 Å². The lowest BCUT2D eigenvalue weighted by atomic mass is 10.1. The second kappa shape index (κ2) is 6.98. The van der Waals surface area contributed by atoms with E-state index in [4.69, 9.17) is 0 Å². The van der Waals surface area contributed by atoms with Crippen molar-refractivity contribution in [2.75, 3.05) is 40.3 Å². The first kappa shape index (κ1) is 14.4. The van der Waals surface area contributed by atoms with E-state index in [1.165, 1.54) is 5.56 Å². The zero-order valence-electron chi connectivity index (χ0n) is 12.3. The predicted molar refractivity (Wildman–Crippen MR) is 79.0 cm³/mol. The minimum absolute atomic E-state index is 0.552. The van der Waals surface area contributed by atoms with Crippen molar-refractivity contribution < 1.29 is 0 Å². The summed E-state index contributed by atoms with van der Waals surface area (Å²) in [6.07, 6.45) is 3.81. The van der Waals surface area contributed by atoms with Gasteiger partial charge in [0, 0.05) is 44.6 Å². The van der Waals surface area contributed by atoms with Crippen molar-refractivity contribution in [1.82, 2.24) is 20.1 Å². The molecule has 0 radical (unpaired) electrons. The minimum Gasteiger partial charge on any atom is -0.311 e. The quantitative estimate of drug-likeness (QED) is 0.879. The van der Waals surface area contributed by atoms with Crippen LogP contribution in [-0.2, 0) is 6.54 Å². The number of pyridine rings is 1. The molecule has 2 rings (SSSR count). The number of likely N-dealkylation sites (N-methyl/N-ethyl adjacent to an activating group) is 1. The van der Waals surface area contributed by atoms with Gasteiger partial charge in [-0.05, 0) is 38.2 Å². The molecular weight excluding hydrogens is 236 g/mol. The molecule has 0 aliphatic carbocycles. The summed E-state index contributed by atoms with van der Waals surface area (Å²) in [6.45, 7) is 7.80. The summed E-state index contributed by atoms with van der Waals surface area (Å²) < 4.78 is 0. The van der Waals surface area contributed by atoms with E-state index in [-0.39, 0.29) is 0 Å². The molecule has 0 aromatic carbocycles. The molecule has 2 heterocycles. The number of hydrogen-bond donors (Lipinski definition) is 1. The zero-order chi connectivity index (χ0) is 13.7. The smallest absolute Gasteiger partial charge is 0.0322 e. The Morgan fingerprint density at radius 3 is 2.95 bits per heavy atom. The maximum absolute atomic E-state index is 4.21. The molecule has 0 amide bonds. The summed E-state index contributed by atoms with van der Waals surface area (Å²) in [5.41, 5.74) is 1.31. The third-order valence-electron chi connectivity index (χ3n) is 3.52. The van der Waals surface area contributed by atoms with Crippen molar-refractivity contribution in [2.24, 2.45) is 5.92 Å². The van der Waals surface area contributed by atoms with Gasteiger partial charge in [0.1, 0.15) is 0 Å². The number of nitrogens with one attached hydrogen (secondary N) is 1. The average molecular weight is 262 g/mol. The third kappa shape index (κ3) is 4.90. The van der Waals surface area contributed by atoms with Gasteiger partial charge in [0.15, 0.2) is 0 Å². The standard InChI is InChI=1S/C15H26N4/c1-13-7-17-15(11-18(2)3)12-19(9-13)10-14-5-4-6-16-8-14/h4-6,8,13,15,17H,7,9-12H2,1-3H3. The summed E-state index contributed by atoms with van der Waals surface area (Å²) in [5, 5.41) is 3.68. The number of aromatic nitrogens is 1. The van der Waals surface area contributed by atoms with Crippen molar-refractivity contribution in [3.63, 3.8) is 0 Å². The van der Waals surface area contributed by atoms with Crippen LogP contribution < -0.4 is 5.32 Å². The molecule has 0 spiro atoms. The Balaban J connectivity index is 1.97. The molecule has 0 bridgehead atoms. The van der Waals surface area contributed by atoms with Crippen molar-refractivity contribution in [1.29, 1.82) is 0 Å². The van der Waals surface area contributed by atoms with Crippen molar-refractivity contribution in [2.45, 2.75) is 19.5 Å². The molecule has 1 saturated heterocycles. The average Bonchev–Trinajstić information content (AvgIpc) is 2.52. The highest BCUT2D eigenvalue weighted by molar-refractivity contribution is 5.08. The van der Waals surface area contributed by atoms with E-state index >= 15 is 0 Å². The van der Waals surface area contributed by atoms with Crippen LogP contribution in [0.3, 0.4) is 0 Å². The normalized spacial score (nSPS) is 25.5. The van der Waals surface area contributed by atoms with E-state index in [2.05, 4.69) is 47.2 Å². The molecule has 1 aromatic rings. The van der Waals surface area contributed by atoms with Crippen LogP contribution in [0.1, 0.15) is 12.5 Å². The van der Waals surface area contributed by atoms with Crippen LogP contribution in [0.2, 0.25) is 0 Å². The Bertz CT molecular complexity index is 366. The summed E-state index contributed by atoms with van der Waals surface area (Å²) in [6, 6.07) is 4.74. The zero-order valence-corrected chi connectivity index (χ0v) is 12.3. The summed E-state index contributed by atoms with van der Waals surface area (Å²) >= 11 is 0. The van der Waals surface area contributed by atoms with E-state index in [1.54, 1.807) is 0 Å². The van der Waals surface area contributed by atoms with Crippen LogP contribution in [0.5, 0.6) is 0 Å². The highest BCUT2D eigenvalue weighted by Crippen LogP contribution is 2.11. The van der Waals surface area contributed by atoms with Gasteiger partial charge in [-0.15, -0.1) is 0 Å². The fraction of sp³-hybridized carbons (Fsp3) is 0.667. The second-order valence-corrected chi connectivity index (χ2v) is 6.03. The Hall–Kier alpha value is -0.970. The monoisotopic (exact) mass is 262 g/mol. The van der Waals surface area contributed by atoms with Crippen LogP contribution in [0.15, 0.2) is 24.5 Å². The first-order valence-electron chi connectivity index (χ1n) is 7.13. The molecule has 1 aliphatic heterocycles. The van der Waals surface area contributed by atoms with E-state index < -0.39 is 0 Å². The van der Waals surface area contributed by atoms with Crippen LogP contribution in [-0.4, -0.2) is 61.1 Å². The van der Waals surface area contributed by atoms with Gasteiger partial charge < -0.3 is 10.2 Å². The summed E-state index contributed by atoms with van der Waals surface area (Å²) in [5.74, 6) is 0.698. The number of hydrogen-bond acceptors (Lipinski definition) is 4. The molecule has 106 valence electrons. The van der Waals surface area contributed by atoms with Crippen LogP contribution in [0, 0.1) is 5.92 Å². The van der Waals surface area contributed by atoms with E-state index in [0.717, 1.165) is 32.7 Å². The number of nitrogens with zero attached hydrogens (tertiary/aromatic N) is 3. The van der Waals surface area contributed by atoms with Crippen LogP contribution in [0.25, 0.3) is 0 Å². The fourth-order valence-electron chi connectivity index (χ4n) is 2.77. The minimum atomic E-state index is 0.552. The molecule has 1 N–H and O–H groups in total. The highest BCUT2D eigenvalue weighted by Gasteiger charge is 2.21. The van der Waals surface area contributed by atoms with Crippen molar-refractivity contribution >= 4 is 0 Å². The molecule has 2 unspecified atom stereocenters. The topological polar surface area (TPSA) is 31.4 Å². The van der Waals surface area contributed by atoms with Gasteiger partial charge in [0.05, 0.1) is 0 Å². The highest BCUT2D eigenvalue weighted by atomic mass is 15.2. The molecule has 1 fully saturated rings. The van der Waals surface area contributed by atoms with Gasteiger partial charge in [-0.1, -0.05) is 13.0 Å². The van der Waals surface area contributed by atoms with Crippen LogP contribution >= 0.6 is 0 Å². The molecule has 1 aliphatic rings. The van der Waals surface area contributed by atoms with Crippen LogP contribution in [0.4, 0.5) is 0 Å². The fourth-order valence-corrected chi connectivity index (χ4v) is 2.77. The van der Waals surface area contributed by atoms with E-state index in [0.29, 0.717) is 12.0 Å². The summed E-state index contributed by atoms with van der Waals surface area (Å²) in [4.78, 5) is 9.02. The third-order valence-corrected chi connectivity index (χ3v) is 3.52. The first-order valence-corrected chi connectivity index (χ1v) is 7.13. The van der Waals surface area contributed by atoms with Crippen molar-refractivity contribution in [3.05, 3.63) is 30.1 Å². The number of rotatable bonds is 4. The van der Waals surface area contributed by atoms with E-state index in [1.807, 2.05) is 18.5 Å². The molecule has 19 heavy (non-hydrogen) atoms. The Morgan fingerprint density at radius 2 is 2.26 bits per heavy atom. The molecular formula is C15H26N4. The molecule has 2 atom stereocenters. The van der Waals surface area contributed by atoms with Gasteiger partial charge in [0.2, 0.25) is 0 Å². The Kier molecular flexibility index (Phi) is 5.31. The Morgan fingerprint density at radius 1 is 1.42 bits per heavy atom. The first-order chi connectivity index (χ1) is 9.13. The Labute approximate surface area is 116 Å². The van der Waals surface area contributed by atoms with Gasteiger partial charge in [-0.2, -0.15) is 0 Å². The maximum atomic E-state index is 4.21.